The second kappa shape index (κ2) is 10.3. The third-order valence-corrected chi connectivity index (χ3v) is 3.52. The highest BCUT2D eigenvalue weighted by molar-refractivity contribution is 5.90. The van der Waals surface area contributed by atoms with E-state index in [-0.39, 0.29) is 18.8 Å². The summed E-state index contributed by atoms with van der Waals surface area (Å²) >= 11 is 0. The molecule has 1 rings (SSSR count). The lowest BCUT2D eigenvalue weighted by Gasteiger charge is -2.32. The molecule has 14 heteroatoms. The molecular weight excluding hydrogens is 443 g/mol. The van der Waals surface area contributed by atoms with Crippen LogP contribution in [-0.4, -0.2) is 74.6 Å². The minimum Gasteiger partial charge on any atom is -0.461 e. The highest BCUT2D eigenvalue weighted by atomic mass is 19.4. The molecule has 174 valence electrons. The Hall–Kier alpha value is -3.03. The Morgan fingerprint density at radius 2 is 1.77 bits per heavy atom. The van der Waals surface area contributed by atoms with E-state index in [2.05, 4.69) is 32.1 Å². The smallest absolute Gasteiger partial charge is 0.422 e. The molecule has 9 nitrogen and oxygen atoms in total. The van der Waals surface area contributed by atoms with Gasteiger partial charge < -0.3 is 23.7 Å². The van der Waals surface area contributed by atoms with Crippen molar-refractivity contribution in [1.29, 1.82) is 0 Å². The van der Waals surface area contributed by atoms with E-state index in [1.165, 1.54) is 6.08 Å². The van der Waals surface area contributed by atoms with Crippen LogP contribution in [0, 0.1) is 0 Å². The van der Waals surface area contributed by atoms with Crippen molar-refractivity contribution in [3.63, 3.8) is 0 Å². The van der Waals surface area contributed by atoms with Gasteiger partial charge in [-0.05, 0) is 0 Å². The number of hydrogen-bond acceptors (Lipinski definition) is 9. The summed E-state index contributed by atoms with van der Waals surface area (Å²) in [6.07, 6.45) is -5.09. The quantitative estimate of drug-likeness (QED) is 0.112. The zero-order chi connectivity index (χ0) is 23.9. The van der Waals surface area contributed by atoms with Crippen molar-refractivity contribution in [2.24, 2.45) is 0 Å². The van der Waals surface area contributed by atoms with E-state index in [1.807, 2.05) is 0 Å². The van der Waals surface area contributed by atoms with E-state index >= 15 is 0 Å². The van der Waals surface area contributed by atoms with E-state index in [1.54, 1.807) is 0 Å². The highest BCUT2D eigenvalue weighted by Gasteiger charge is 2.68. The van der Waals surface area contributed by atoms with Gasteiger partial charge in [0, 0.05) is 0 Å². The standard InChI is InChI=1S/C17H17F5O9/c1-3-4-27-6-10(2)13(25)28-7-12(24)31-15(5-11(23)29-8-15)17(21,22)14(26)30-9-16(18,19)20/h3H,1-2,4-9H2. The van der Waals surface area contributed by atoms with Gasteiger partial charge in [0.05, 0.1) is 25.2 Å². The molecule has 0 amide bonds. The first-order valence-corrected chi connectivity index (χ1v) is 8.27. The summed E-state index contributed by atoms with van der Waals surface area (Å²) in [5.41, 5.74) is -3.54. The van der Waals surface area contributed by atoms with E-state index in [0.29, 0.717) is 0 Å². The van der Waals surface area contributed by atoms with E-state index in [0.717, 1.165) is 0 Å². The van der Waals surface area contributed by atoms with Crippen LogP contribution in [0.15, 0.2) is 24.8 Å². The fourth-order valence-corrected chi connectivity index (χ4v) is 2.09. The molecule has 0 radical (unpaired) electrons. The van der Waals surface area contributed by atoms with E-state index < -0.39 is 67.8 Å². The lowest BCUT2D eigenvalue weighted by molar-refractivity contribution is -0.238. The van der Waals surface area contributed by atoms with Gasteiger partial charge in [0.1, 0.15) is 6.61 Å². The second-order valence-electron chi connectivity index (χ2n) is 6.06. The Kier molecular flexibility index (Phi) is 8.66. The largest absolute Gasteiger partial charge is 0.461 e. The molecule has 1 aliphatic rings. The predicted octanol–water partition coefficient (Wildman–Crippen LogP) is 1.26. The number of rotatable bonds is 11. The average molecular weight is 460 g/mol. The molecule has 0 N–H and O–H groups in total. The Morgan fingerprint density at radius 3 is 2.29 bits per heavy atom. The summed E-state index contributed by atoms with van der Waals surface area (Å²) in [4.78, 5) is 46.4. The SMILES string of the molecule is C=CCOCC(=C)C(=O)OCC(=O)OC1(C(F)(F)C(=O)OCC(F)(F)F)COC(=O)C1. The lowest BCUT2D eigenvalue weighted by Crippen LogP contribution is -2.58. The van der Waals surface area contributed by atoms with Gasteiger partial charge in [-0.1, -0.05) is 12.7 Å². The van der Waals surface area contributed by atoms with Crippen LogP contribution in [0.1, 0.15) is 6.42 Å². The van der Waals surface area contributed by atoms with E-state index in [9.17, 15) is 41.1 Å². The Balaban J connectivity index is 2.81. The monoisotopic (exact) mass is 460 g/mol. The summed E-state index contributed by atoms with van der Waals surface area (Å²) in [5.74, 6) is -11.7. The van der Waals surface area contributed by atoms with Crippen LogP contribution >= 0.6 is 0 Å². The molecule has 0 bridgehead atoms. The van der Waals surface area contributed by atoms with Gasteiger partial charge in [0.25, 0.3) is 0 Å². The number of carbonyl (C=O) groups is 4. The zero-order valence-electron chi connectivity index (χ0n) is 15.8. The number of alkyl halides is 5. The lowest BCUT2D eigenvalue weighted by atomic mass is 9.94. The van der Waals surface area contributed by atoms with Gasteiger partial charge >= 0.3 is 36.0 Å². The molecule has 1 unspecified atom stereocenters. The predicted molar refractivity (Wildman–Crippen MR) is 87.5 cm³/mol. The maximum atomic E-state index is 14.5. The third-order valence-electron chi connectivity index (χ3n) is 3.52. The number of cyclic esters (lactones) is 1. The Morgan fingerprint density at radius 1 is 1.13 bits per heavy atom. The number of carbonyl (C=O) groups excluding carboxylic acids is 4. The molecule has 1 aliphatic heterocycles. The second-order valence-corrected chi connectivity index (χ2v) is 6.06. The summed E-state index contributed by atoms with van der Waals surface area (Å²) in [5, 5.41) is 0. The Labute approximate surface area is 171 Å². The summed E-state index contributed by atoms with van der Waals surface area (Å²) < 4.78 is 87.0. The van der Waals surface area contributed by atoms with Crippen LogP contribution in [0.2, 0.25) is 0 Å². The van der Waals surface area contributed by atoms with Crippen LogP contribution in [-0.2, 0) is 42.9 Å². The van der Waals surface area contributed by atoms with Crippen molar-refractivity contribution in [2.75, 3.05) is 33.0 Å². The van der Waals surface area contributed by atoms with E-state index in [4.69, 9.17) is 4.74 Å². The van der Waals surface area contributed by atoms with Crippen molar-refractivity contribution < 1.29 is 64.8 Å². The number of halogens is 5. The van der Waals surface area contributed by atoms with Crippen molar-refractivity contribution in [3.05, 3.63) is 24.8 Å². The molecular formula is C17H17F5O9. The normalized spacial score (nSPS) is 18.7. The first-order valence-electron chi connectivity index (χ1n) is 8.27. The molecule has 1 heterocycles. The molecule has 0 aromatic rings. The zero-order valence-corrected chi connectivity index (χ0v) is 15.8. The van der Waals surface area contributed by atoms with Gasteiger partial charge in [0.2, 0.25) is 5.60 Å². The van der Waals surface area contributed by atoms with Gasteiger partial charge in [0.15, 0.2) is 13.2 Å². The maximum absolute atomic E-state index is 14.5. The summed E-state index contributed by atoms with van der Waals surface area (Å²) in [6.45, 7) is 1.52. The molecule has 0 aromatic heterocycles. The summed E-state index contributed by atoms with van der Waals surface area (Å²) in [6, 6.07) is 0. The van der Waals surface area contributed by atoms with Gasteiger partial charge in [-0.2, -0.15) is 22.0 Å². The van der Waals surface area contributed by atoms with Gasteiger partial charge in [-0.3, -0.25) is 4.79 Å². The number of esters is 4. The number of ether oxygens (including phenoxy) is 5. The highest BCUT2D eigenvalue weighted by Crippen LogP contribution is 2.41. The summed E-state index contributed by atoms with van der Waals surface area (Å²) in [7, 11) is 0. The van der Waals surface area contributed by atoms with Crippen molar-refractivity contribution in [1.82, 2.24) is 0 Å². The molecule has 1 fully saturated rings. The van der Waals surface area contributed by atoms with Crippen molar-refractivity contribution in [2.45, 2.75) is 24.1 Å². The van der Waals surface area contributed by atoms with Crippen LogP contribution in [0.4, 0.5) is 22.0 Å². The van der Waals surface area contributed by atoms with Crippen molar-refractivity contribution >= 4 is 23.9 Å². The Bertz CT molecular complexity index is 747. The average Bonchev–Trinajstić information content (AvgIpc) is 3.05. The number of hydrogen-bond donors (Lipinski definition) is 0. The molecule has 0 aromatic carbocycles. The minimum absolute atomic E-state index is 0.0738. The molecule has 0 saturated carbocycles. The molecule has 0 aliphatic carbocycles. The first-order chi connectivity index (χ1) is 14.2. The fourth-order valence-electron chi connectivity index (χ4n) is 2.09. The van der Waals surface area contributed by atoms with Crippen LogP contribution in [0.5, 0.6) is 0 Å². The van der Waals surface area contributed by atoms with Crippen LogP contribution in [0.3, 0.4) is 0 Å². The third kappa shape index (κ3) is 7.31. The maximum Gasteiger partial charge on any atom is 0.422 e. The topological polar surface area (TPSA) is 114 Å². The molecule has 1 saturated heterocycles. The van der Waals surface area contributed by atoms with Crippen LogP contribution < -0.4 is 0 Å². The molecule has 1 atom stereocenters. The van der Waals surface area contributed by atoms with Crippen molar-refractivity contribution in [3.8, 4) is 0 Å². The molecule has 31 heavy (non-hydrogen) atoms. The van der Waals surface area contributed by atoms with Gasteiger partial charge in [-0.25, -0.2) is 14.4 Å². The van der Waals surface area contributed by atoms with Gasteiger partial charge in [-0.15, -0.1) is 6.58 Å². The molecule has 0 spiro atoms. The van der Waals surface area contributed by atoms with Crippen LogP contribution in [0.25, 0.3) is 0 Å². The minimum atomic E-state index is -5.11. The first kappa shape index (κ1) is 26.0. The fraction of sp³-hybridized carbons (Fsp3) is 0.529.